The molecule has 0 unspecified atom stereocenters. The zero-order chi connectivity index (χ0) is 26.9. The second-order valence-electron chi connectivity index (χ2n) is 9.75. The van der Waals surface area contributed by atoms with E-state index >= 15 is 0 Å². The van der Waals surface area contributed by atoms with Gasteiger partial charge in [-0.1, -0.05) is 90.5 Å². The predicted octanol–water partition coefficient (Wildman–Crippen LogP) is 8.41. The lowest BCUT2D eigenvalue weighted by Gasteiger charge is -2.15. The molecule has 190 valence electrons. The number of benzene rings is 4. The Morgan fingerprint density at radius 3 is 1.82 bits per heavy atom. The third kappa shape index (κ3) is 4.40. The van der Waals surface area contributed by atoms with Gasteiger partial charge in [-0.2, -0.15) is 0 Å². The molecule has 4 aromatic carbocycles. The molecule has 6 rings (SSSR count). The van der Waals surface area contributed by atoms with Gasteiger partial charge in [0.15, 0.2) is 0 Å². The lowest BCUT2D eigenvalue weighted by molar-refractivity contribution is 0.612. The molecule has 2 heterocycles. The van der Waals surface area contributed by atoms with Gasteiger partial charge in [-0.05, 0) is 43.5 Å². The van der Waals surface area contributed by atoms with Crippen molar-refractivity contribution in [3.05, 3.63) is 141 Å². The summed E-state index contributed by atoms with van der Waals surface area (Å²) in [5.41, 5.74) is 4.09. The van der Waals surface area contributed by atoms with Gasteiger partial charge in [0.2, 0.25) is 10.9 Å². The van der Waals surface area contributed by atoms with Crippen molar-refractivity contribution in [2.24, 2.45) is 0 Å². The Morgan fingerprint density at radius 2 is 1.18 bits per heavy atom. The van der Waals surface area contributed by atoms with Crippen LogP contribution in [0.1, 0.15) is 18.9 Å². The van der Waals surface area contributed by atoms with Crippen molar-refractivity contribution in [1.82, 2.24) is 0 Å². The maximum Gasteiger partial charge on any atom is 0.201 e. The van der Waals surface area contributed by atoms with Gasteiger partial charge >= 0.3 is 0 Å². The summed E-state index contributed by atoms with van der Waals surface area (Å²) in [6.07, 6.45) is 1.38. The maximum atomic E-state index is 14.6. The van der Waals surface area contributed by atoms with E-state index in [2.05, 4.69) is 6.58 Å². The molecular formula is C35H26O4. The van der Waals surface area contributed by atoms with Gasteiger partial charge in [-0.25, -0.2) is 0 Å². The predicted molar refractivity (Wildman–Crippen MR) is 158 cm³/mol. The van der Waals surface area contributed by atoms with Crippen LogP contribution in [0.2, 0.25) is 0 Å². The van der Waals surface area contributed by atoms with Gasteiger partial charge in [0.25, 0.3) is 0 Å². The van der Waals surface area contributed by atoms with Gasteiger partial charge in [-0.15, -0.1) is 6.58 Å². The zero-order valence-electron chi connectivity index (χ0n) is 21.6. The zero-order valence-corrected chi connectivity index (χ0v) is 21.6. The molecule has 6 aromatic rings. The Hall–Kier alpha value is -4.96. The number of allylic oxidation sites excluding steroid dienone is 1. The highest BCUT2D eigenvalue weighted by molar-refractivity contribution is 5.97. The van der Waals surface area contributed by atoms with Crippen LogP contribution in [-0.2, 0) is 6.42 Å². The quantitative estimate of drug-likeness (QED) is 0.211. The summed E-state index contributed by atoms with van der Waals surface area (Å²) < 4.78 is 12.9. The molecule has 0 saturated carbocycles. The van der Waals surface area contributed by atoms with Crippen molar-refractivity contribution in [2.45, 2.75) is 19.8 Å². The summed E-state index contributed by atoms with van der Waals surface area (Å²) in [4.78, 5) is 28.8. The molecule has 0 amide bonds. The van der Waals surface area contributed by atoms with Gasteiger partial charge < -0.3 is 8.83 Å². The summed E-state index contributed by atoms with van der Waals surface area (Å²) in [7, 11) is 0. The Kier molecular flexibility index (Phi) is 6.29. The van der Waals surface area contributed by atoms with E-state index in [1.807, 2.05) is 85.8 Å². The van der Waals surface area contributed by atoms with E-state index < -0.39 is 0 Å². The van der Waals surface area contributed by atoms with Crippen LogP contribution in [0, 0.1) is 0 Å². The minimum atomic E-state index is -0.279. The molecule has 0 fully saturated rings. The largest absolute Gasteiger partial charge is 0.455 e. The highest BCUT2D eigenvalue weighted by atomic mass is 16.3. The van der Waals surface area contributed by atoms with E-state index in [9.17, 15) is 9.59 Å². The average molecular weight is 511 g/mol. The first-order valence-corrected chi connectivity index (χ1v) is 12.9. The van der Waals surface area contributed by atoms with Crippen molar-refractivity contribution in [1.29, 1.82) is 0 Å². The molecular weight excluding hydrogens is 484 g/mol. The summed E-state index contributed by atoms with van der Waals surface area (Å²) >= 11 is 0. The van der Waals surface area contributed by atoms with Gasteiger partial charge in [0.1, 0.15) is 22.7 Å². The lowest BCUT2D eigenvalue weighted by atomic mass is 9.92. The van der Waals surface area contributed by atoms with Crippen molar-refractivity contribution in [3.63, 3.8) is 0 Å². The molecule has 0 aliphatic carbocycles. The molecule has 0 bridgehead atoms. The second kappa shape index (κ2) is 10.1. The fraction of sp³-hybridized carbons (Fsp3) is 0.0857. The first-order chi connectivity index (χ1) is 19.0. The Labute approximate surface area is 225 Å². The lowest BCUT2D eigenvalue weighted by Crippen LogP contribution is -2.16. The van der Waals surface area contributed by atoms with Crippen LogP contribution in [0.25, 0.3) is 55.7 Å². The van der Waals surface area contributed by atoms with E-state index in [1.165, 1.54) is 0 Å². The molecule has 0 N–H and O–H groups in total. The highest BCUT2D eigenvalue weighted by Crippen LogP contribution is 2.38. The summed E-state index contributed by atoms with van der Waals surface area (Å²) in [6.45, 7) is 5.99. The minimum absolute atomic E-state index is 0.198. The molecule has 0 radical (unpaired) electrons. The van der Waals surface area contributed by atoms with Gasteiger partial charge in [-0.3, -0.25) is 9.59 Å². The van der Waals surface area contributed by atoms with Gasteiger partial charge in [0.05, 0.1) is 21.9 Å². The fourth-order valence-corrected chi connectivity index (χ4v) is 5.05. The van der Waals surface area contributed by atoms with E-state index in [1.54, 1.807) is 24.3 Å². The number of fused-ring (bicyclic) bond motifs is 2. The van der Waals surface area contributed by atoms with Crippen molar-refractivity contribution in [2.75, 3.05) is 0 Å². The summed E-state index contributed by atoms with van der Waals surface area (Å²) in [5, 5.41) is 0.876. The number of aryl methyl sites for hydroxylation is 1. The van der Waals surface area contributed by atoms with E-state index in [4.69, 9.17) is 8.83 Å². The molecule has 39 heavy (non-hydrogen) atoms. The third-order valence-electron chi connectivity index (χ3n) is 6.95. The fourth-order valence-electron chi connectivity index (χ4n) is 5.05. The van der Waals surface area contributed by atoms with Gasteiger partial charge in [0, 0.05) is 11.1 Å². The highest BCUT2D eigenvalue weighted by Gasteiger charge is 2.27. The average Bonchev–Trinajstić information content (AvgIpc) is 2.97. The topological polar surface area (TPSA) is 60.4 Å². The molecule has 0 spiro atoms. The third-order valence-corrected chi connectivity index (χ3v) is 6.95. The van der Waals surface area contributed by atoms with E-state index in [0.717, 1.165) is 17.6 Å². The number of hydrogen-bond donors (Lipinski definition) is 0. The number of para-hydroxylation sites is 1. The van der Waals surface area contributed by atoms with Crippen molar-refractivity contribution < 1.29 is 8.83 Å². The molecule has 4 heteroatoms. The van der Waals surface area contributed by atoms with Crippen LogP contribution in [-0.4, -0.2) is 0 Å². The van der Waals surface area contributed by atoms with Crippen LogP contribution < -0.4 is 10.9 Å². The van der Waals surface area contributed by atoms with Crippen LogP contribution >= 0.6 is 0 Å². The SMILES string of the molecule is C=C(C)CCc1cccc2oc(-c3ccccc3)c(-c3c(-c4ccccc4)oc4ccccc4c3=O)c(=O)c12. The summed E-state index contributed by atoms with van der Waals surface area (Å²) in [5.74, 6) is 0.674. The van der Waals surface area contributed by atoms with Crippen LogP contribution in [0.3, 0.4) is 0 Å². The Bertz CT molecular complexity index is 1960. The molecule has 2 aromatic heterocycles. The van der Waals surface area contributed by atoms with Crippen LogP contribution in [0.15, 0.2) is 134 Å². The van der Waals surface area contributed by atoms with E-state index in [-0.39, 0.29) is 22.0 Å². The van der Waals surface area contributed by atoms with Crippen LogP contribution in [0.5, 0.6) is 0 Å². The molecule has 0 atom stereocenters. The monoisotopic (exact) mass is 510 g/mol. The number of hydrogen-bond acceptors (Lipinski definition) is 4. The van der Waals surface area contributed by atoms with Crippen LogP contribution in [0.4, 0.5) is 0 Å². The Morgan fingerprint density at radius 1 is 0.641 bits per heavy atom. The first kappa shape index (κ1) is 24.4. The summed E-state index contributed by atoms with van der Waals surface area (Å²) in [6, 6.07) is 31.6. The standard InChI is InChI=1S/C35H26O4/c1-22(2)20-21-23-16-11-19-28-29(23)33(37)31(35(39-28)25-14-7-4-8-15-25)30-32(36)26-17-9-10-18-27(26)38-34(30)24-12-5-3-6-13-24/h3-19H,1,20-21H2,2H3. The normalized spacial score (nSPS) is 11.2. The molecule has 0 saturated heterocycles. The molecule has 0 aliphatic heterocycles. The minimum Gasteiger partial charge on any atom is -0.455 e. The second-order valence-corrected chi connectivity index (χ2v) is 9.75. The Balaban J connectivity index is 1.79. The molecule has 0 aliphatic rings. The smallest absolute Gasteiger partial charge is 0.201 e. The number of rotatable bonds is 6. The maximum absolute atomic E-state index is 14.6. The first-order valence-electron chi connectivity index (χ1n) is 12.9. The molecule has 4 nitrogen and oxygen atoms in total. The van der Waals surface area contributed by atoms with Crippen molar-refractivity contribution >= 4 is 21.9 Å². The van der Waals surface area contributed by atoms with E-state index in [0.29, 0.717) is 51.0 Å². The van der Waals surface area contributed by atoms with Crippen molar-refractivity contribution in [3.8, 4) is 33.8 Å².